The number of hydrogen-bond acceptors (Lipinski definition) is 8. The van der Waals surface area contributed by atoms with E-state index < -0.39 is 30.1 Å². The number of nitrogens with zero attached hydrogens (tertiary/aromatic N) is 1. The van der Waals surface area contributed by atoms with Crippen molar-refractivity contribution in [3.8, 4) is 0 Å². The zero-order chi connectivity index (χ0) is 36.8. The van der Waals surface area contributed by atoms with E-state index >= 15 is 0 Å². The molecule has 6 N–H and O–H groups in total. The Kier molecular flexibility index (Phi) is 17.9. The molecule has 51 heavy (non-hydrogen) atoms. The number of benzene rings is 2. The van der Waals surface area contributed by atoms with E-state index in [1.165, 1.54) is 17.1 Å². The van der Waals surface area contributed by atoms with Crippen LogP contribution in [-0.4, -0.2) is 70.9 Å². The number of carbonyl (C=O) groups is 6. The van der Waals surface area contributed by atoms with Gasteiger partial charge >= 0.3 is 6.16 Å². The molecule has 1 heterocycles. The molecule has 0 spiro atoms. The zero-order valence-corrected chi connectivity index (χ0v) is 29.1. The second kappa shape index (κ2) is 22.6. The Hall–Kier alpha value is -5.04. The second-order valence-electron chi connectivity index (χ2n) is 12.6. The number of rotatable bonds is 24. The van der Waals surface area contributed by atoms with E-state index in [4.69, 9.17) is 10.8 Å². The average Bonchev–Trinajstić information content (AvgIpc) is 3.44. The minimum atomic E-state index is -1.38. The number of ether oxygens (including phenoxy) is 1. The molecule has 0 saturated heterocycles. The Bertz CT molecular complexity index is 1450. The predicted molar refractivity (Wildman–Crippen MR) is 192 cm³/mol. The number of unbranched alkanes of at least 4 members (excludes halogenated alkanes) is 8. The second-order valence-corrected chi connectivity index (χ2v) is 12.6. The SMILES string of the molecule is NCCCC[C@H](NC(=O)[C@H](Cc1ccccc1)NC(=O)CCCCCCCCCCN1C(=O)C=CC1=O)C(=O)Nc1ccc(COC(=O)O)cc1. The number of amides is 5. The standard InChI is InChI=1S/C38H51N5O8/c39-24-12-11-16-31(36(47)40-30-20-18-29(19-21-30)27-51-38(49)50)42-37(48)32(26-28-14-8-7-9-15-28)41-33(44)17-10-5-3-1-2-4-6-13-25-43-34(45)22-23-35(43)46/h7-9,14-15,18-23,31-32H,1-6,10-13,16-17,24-27,39H2,(H,40,47)(H,41,44)(H,42,48)(H,49,50)/t31-,32-/m0/s1. The van der Waals surface area contributed by atoms with E-state index in [2.05, 4.69) is 20.7 Å². The molecule has 1 aliphatic rings. The lowest BCUT2D eigenvalue weighted by molar-refractivity contribution is -0.137. The molecule has 276 valence electrons. The van der Waals surface area contributed by atoms with Crippen molar-refractivity contribution in [3.05, 3.63) is 77.9 Å². The van der Waals surface area contributed by atoms with E-state index in [-0.39, 0.29) is 37.2 Å². The first-order valence-corrected chi connectivity index (χ1v) is 17.8. The molecule has 0 fully saturated rings. The molecule has 0 bridgehead atoms. The van der Waals surface area contributed by atoms with Gasteiger partial charge in [0, 0.05) is 37.2 Å². The Labute approximate surface area is 299 Å². The highest BCUT2D eigenvalue weighted by atomic mass is 16.7. The Morgan fingerprint density at radius 2 is 1.33 bits per heavy atom. The lowest BCUT2D eigenvalue weighted by Crippen LogP contribution is -2.53. The van der Waals surface area contributed by atoms with Crippen molar-refractivity contribution in [1.82, 2.24) is 15.5 Å². The summed E-state index contributed by atoms with van der Waals surface area (Å²) in [5.74, 6) is -1.60. The third-order valence-electron chi connectivity index (χ3n) is 8.53. The Morgan fingerprint density at radius 3 is 1.96 bits per heavy atom. The molecule has 0 radical (unpaired) electrons. The summed E-state index contributed by atoms with van der Waals surface area (Å²) in [5, 5.41) is 17.3. The molecule has 0 unspecified atom stereocenters. The molecule has 0 saturated carbocycles. The molecule has 2 atom stereocenters. The van der Waals surface area contributed by atoms with Gasteiger partial charge < -0.3 is 31.5 Å². The largest absolute Gasteiger partial charge is 0.506 e. The van der Waals surface area contributed by atoms with Crippen LogP contribution in [0.3, 0.4) is 0 Å². The fourth-order valence-corrected chi connectivity index (χ4v) is 5.69. The minimum Gasteiger partial charge on any atom is -0.450 e. The van der Waals surface area contributed by atoms with Crippen molar-refractivity contribution in [2.75, 3.05) is 18.4 Å². The molecule has 3 rings (SSSR count). The van der Waals surface area contributed by atoms with Gasteiger partial charge in [-0.15, -0.1) is 0 Å². The molecule has 0 aliphatic carbocycles. The van der Waals surface area contributed by atoms with Crippen LogP contribution in [0.15, 0.2) is 66.7 Å². The molecule has 13 nitrogen and oxygen atoms in total. The molecule has 1 aliphatic heterocycles. The summed E-state index contributed by atoms with van der Waals surface area (Å²) >= 11 is 0. The van der Waals surface area contributed by atoms with Crippen molar-refractivity contribution in [3.63, 3.8) is 0 Å². The fraction of sp³-hybridized carbons (Fsp3) is 0.474. The number of nitrogens with two attached hydrogens (primary N) is 1. The van der Waals surface area contributed by atoms with Gasteiger partial charge in [0.2, 0.25) is 17.7 Å². The highest BCUT2D eigenvalue weighted by Gasteiger charge is 2.27. The highest BCUT2D eigenvalue weighted by molar-refractivity contribution is 6.12. The summed E-state index contributed by atoms with van der Waals surface area (Å²) < 4.78 is 4.57. The van der Waals surface area contributed by atoms with Crippen LogP contribution >= 0.6 is 0 Å². The first-order valence-electron chi connectivity index (χ1n) is 17.8. The van der Waals surface area contributed by atoms with Crippen molar-refractivity contribution in [1.29, 1.82) is 0 Å². The smallest absolute Gasteiger partial charge is 0.450 e. The van der Waals surface area contributed by atoms with Gasteiger partial charge in [0.15, 0.2) is 0 Å². The number of nitrogens with one attached hydrogen (secondary N) is 3. The van der Waals surface area contributed by atoms with Crippen molar-refractivity contribution in [2.24, 2.45) is 5.73 Å². The van der Waals surface area contributed by atoms with Gasteiger partial charge in [0.05, 0.1) is 0 Å². The van der Waals surface area contributed by atoms with Crippen LogP contribution in [0.2, 0.25) is 0 Å². The number of carbonyl (C=O) groups excluding carboxylic acids is 5. The normalized spacial score (nSPS) is 13.5. The van der Waals surface area contributed by atoms with Gasteiger partial charge in [-0.3, -0.25) is 28.9 Å². The highest BCUT2D eigenvalue weighted by Crippen LogP contribution is 2.15. The van der Waals surface area contributed by atoms with E-state index in [0.29, 0.717) is 50.0 Å². The summed E-state index contributed by atoms with van der Waals surface area (Å²) in [6.45, 7) is 0.775. The molecule has 2 aromatic carbocycles. The Morgan fingerprint density at radius 1 is 0.706 bits per heavy atom. The van der Waals surface area contributed by atoms with E-state index in [9.17, 15) is 28.8 Å². The third kappa shape index (κ3) is 15.6. The number of imide groups is 1. The summed E-state index contributed by atoms with van der Waals surface area (Å²) in [6.07, 6.45) is 10.7. The number of anilines is 1. The Balaban J connectivity index is 1.47. The topological polar surface area (TPSA) is 197 Å². The van der Waals surface area contributed by atoms with Gasteiger partial charge in [-0.1, -0.05) is 81.0 Å². The third-order valence-corrected chi connectivity index (χ3v) is 8.53. The lowest BCUT2D eigenvalue weighted by Gasteiger charge is -2.23. The molecule has 13 heteroatoms. The number of carboxylic acid groups (broad SMARTS) is 1. The monoisotopic (exact) mass is 705 g/mol. The fourth-order valence-electron chi connectivity index (χ4n) is 5.69. The molecule has 2 aromatic rings. The van der Waals surface area contributed by atoms with Crippen molar-refractivity contribution >= 4 is 41.4 Å². The van der Waals surface area contributed by atoms with Gasteiger partial charge in [-0.25, -0.2) is 4.79 Å². The van der Waals surface area contributed by atoms with E-state index in [1.54, 1.807) is 24.3 Å². The van der Waals surface area contributed by atoms with Gasteiger partial charge in [0.1, 0.15) is 18.7 Å². The molecular formula is C38H51N5O8. The van der Waals surface area contributed by atoms with Crippen LogP contribution in [-0.2, 0) is 41.7 Å². The van der Waals surface area contributed by atoms with Crippen LogP contribution in [0.25, 0.3) is 0 Å². The minimum absolute atomic E-state index is 0.120. The lowest BCUT2D eigenvalue weighted by atomic mass is 10.0. The number of hydrogen-bond donors (Lipinski definition) is 5. The van der Waals surface area contributed by atoms with Gasteiger partial charge in [-0.05, 0) is 61.9 Å². The average molecular weight is 706 g/mol. The summed E-state index contributed by atoms with van der Waals surface area (Å²) in [5.41, 5.74) is 7.62. The maximum absolute atomic E-state index is 13.7. The molecule has 5 amide bonds. The zero-order valence-electron chi connectivity index (χ0n) is 29.1. The van der Waals surface area contributed by atoms with Crippen LogP contribution in [0.5, 0.6) is 0 Å². The van der Waals surface area contributed by atoms with Crippen molar-refractivity contribution in [2.45, 2.75) is 102 Å². The summed E-state index contributed by atoms with van der Waals surface area (Å²) in [6, 6.07) is 14.1. The van der Waals surface area contributed by atoms with E-state index in [0.717, 1.165) is 50.5 Å². The maximum atomic E-state index is 13.7. The van der Waals surface area contributed by atoms with Gasteiger partial charge in [-0.2, -0.15) is 0 Å². The summed E-state index contributed by atoms with van der Waals surface area (Å²) in [4.78, 5) is 75.2. The first kappa shape index (κ1) is 40.4. The summed E-state index contributed by atoms with van der Waals surface area (Å²) in [7, 11) is 0. The van der Waals surface area contributed by atoms with Crippen LogP contribution in [0.1, 0.15) is 88.2 Å². The quantitative estimate of drug-likeness (QED) is 0.0589. The van der Waals surface area contributed by atoms with Crippen LogP contribution in [0.4, 0.5) is 10.5 Å². The van der Waals surface area contributed by atoms with Crippen LogP contribution in [0, 0.1) is 0 Å². The van der Waals surface area contributed by atoms with Crippen molar-refractivity contribution < 1.29 is 38.6 Å². The molecule has 0 aromatic heterocycles. The maximum Gasteiger partial charge on any atom is 0.506 e. The van der Waals surface area contributed by atoms with Crippen LogP contribution < -0.4 is 21.7 Å². The molecular weight excluding hydrogens is 654 g/mol. The first-order chi connectivity index (χ1) is 24.7. The van der Waals surface area contributed by atoms with Gasteiger partial charge in [0.25, 0.3) is 11.8 Å². The van der Waals surface area contributed by atoms with E-state index in [1.807, 2.05) is 30.3 Å². The predicted octanol–water partition coefficient (Wildman–Crippen LogP) is 4.60.